The lowest BCUT2D eigenvalue weighted by Crippen LogP contribution is -2.36. The Bertz CT molecular complexity index is 445. The molecule has 0 bridgehead atoms. The van der Waals surface area contributed by atoms with Crippen LogP contribution in [0.3, 0.4) is 0 Å². The summed E-state index contributed by atoms with van der Waals surface area (Å²) in [5.41, 5.74) is 6.88. The first-order chi connectivity index (χ1) is 8.13. The predicted molar refractivity (Wildman–Crippen MR) is 72.7 cm³/mol. The van der Waals surface area contributed by atoms with Gasteiger partial charge in [0.05, 0.1) is 12.6 Å². The van der Waals surface area contributed by atoms with E-state index in [0.717, 1.165) is 18.5 Å². The maximum Gasteiger partial charge on any atom is 0.191 e. The van der Waals surface area contributed by atoms with Crippen molar-refractivity contribution in [2.24, 2.45) is 10.7 Å². The number of hydrogen-bond acceptors (Lipinski definition) is 3. The summed E-state index contributed by atoms with van der Waals surface area (Å²) in [5, 5.41) is 1.40. The van der Waals surface area contributed by atoms with Gasteiger partial charge in [-0.15, -0.1) is 0 Å². The number of benzene rings is 1. The van der Waals surface area contributed by atoms with Crippen LogP contribution in [-0.4, -0.2) is 23.9 Å². The third kappa shape index (κ3) is 2.50. The zero-order chi connectivity index (χ0) is 12.4. The van der Waals surface area contributed by atoms with Crippen molar-refractivity contribution in [3.8, 4) is 0 Å². The number of rotatable bonds is 3. The number of aliphatic imine (C=N–C) groups is 1. The standard InChI is InChI=1S/C12H15Cl2N3/c1-2-5-17-11(7-16-12(17)15)9-6-8(13)3-4-10(9)14/h3-4,6,11H,2,5,7H2,1H3,(H2,15,16). The van der Waals surface area contributed by atoms with Gasteiger partial charge in [0, 0.05) is 16.6 Å². The van der Waals surface area contributed by atoms with Crippen LogP contribution < -0.4 is 5.73 Å². The Labute approximate surface area is 111 Å². The molecule has 1 aromatic carbocycles. The highest BCUT2D eigenvalue weighted by Crippen LogP contribution is 2.32. The number of halogens is 2. The molecule has 0 radical (unpaired) electrons. The predicted octanol–water partition coefficient (Wildman–Crippen LogP) is 3.07. The molecule has 0 fully saturated rings. The van der Waals surface area contributed by atoms with Crippen LogP contribution in [0.2, 0.25) is 10.0 Å². The van der Waals surface area contributed by atoms with E-state index in [1.165, 1.54) is 0 Å². The van der Waals surface area contributed by atoms with Crippen molar-refractivity contribution in [3.63, 3.8) is 0 Å². The summed E-state index contributed by atoms with van der Waals surface area (Å²) in [6.07, 6.45) is 1.02. The second-order valence-corrected chi connectivity index (χ2v) is 4.92. The smallest absolute Gasteiger partial charge is 0.191 e. The molecule has 92 valence electrons. The molecule has 1 heterocycles. The first-order valence-corrected chi connectivity index (χ1v) is 6.40. The molecule has 1 aliphatic heterocycles. The Kier molecular flexibility index (Phi) is 3.79. The van der Waals surface area contributed by atoms with E-state index in [1.807, 2.05) is 12.1 Å². The van der Waals surface area contributed by atoms with E-state index in [9.17, 15) is 0 Å². The Balaban J connectivity index is 2.30. The Hall–Kier alpha value is -0.930. The summed E-state index contributed by atoms with van der Waals surface area (Å²) < 4.78 is 0. The minimum Gasteiger partial charge on any atom is -0.370 e. The zero-order valence-electron chi connectivity index (χ0n) is 9.66. The summed E-state index contributed by atoms with van der Waals surface area (Å²) in [5.74, 6) is 0.591. The van der Waals surface area contributed by atoms with Gasteiger partial charge in [-0.1, -0.05) is 30.1 Å². The Morgan fingerprint density at radius 1 is 1.47 bits per heavy atom. The molecule has 0 saturated heterocycles. The van der Waals surface area contributed by atoms with Crippen molar-refractivity contribution in [2.45, 2.75) is 19.4 Å². The van der Waals surface area contributed by atoms with E-state index in [4.69, 9.17) is 28.9 Å². The van der Waals surface area contributed by atoms with Gasteiger partial charge >= 0.3 is 0 Å². The van der Waals surface area contributed by atoms with Crippen molar-refractivity contribution in [1.29, 1.82) is 0 Å². The molecular weight excluding hydrogens is 257 g/mol. The highest BCUT2D eigenvalue weighted by atomic mass is 35.5. The van der Waals surface area contributed by atoms with Gasteiger partial charge in [-0.25, -0.2) is 0 Å². The van der Waals surface area contributed by atoms with Crippen LogP contribution >= 0.6 is 23.2 Å². The molecule has 0 saturated carbocycles. The van der Waals surface area contributed by atoms with Crippen molar-refractivity contribution < 1.29 is 0 Å². The van der Waals surface area contributed by atoms with Gasteiger partial charge in [-0.05, 0) is 30.2 Å². The first kappa shape index (κ1) is 12.5. The quantitative estimate of drug-likeness (QED) is 0.918. The van der Waals surface area contributed by atoms with E-state index in [0.29, 0.717) is 22.5 Å². The van der Waals surface area contributed by atoms with Gasteiger partial charge in [0.2, 0.25) is 0 Å². The Morgan fingerprint density at radius 3 is 2.94 bits per heavy atom. The fourth-order valence-electron chi connectivity index (χ4n) is 2.08. The third-order valence-electron chi connectivity index (χ3n) is 2.88. The van der Waals surface area contributed by atoms with Gasteiger partial charge in [0.1, 0.15) is 0 Å². The van der Waals surface area contributed by atoms with Crippen LogP contribution in [0.5, 0.6) is 0 Å². The van der Waals surface area contributed by atoms with Gasteiger partial charge in [0.25, 0.3) is 0 Å². The summed E-state index contributed by atoms with van der Waals surface area (Å²) in [6, 6.07) is 5.61. The van der Waals surface area contributed by atoms with Gasteiger partial charge in [-0.3, -0.25) is 4.99 Å². The lowest BCUT2D eigenvalue weighted by molar-refractivity contribution is 0.347. The molecule has 1 aromatic rings. The monoisotopic (exact) mass is 271 g/mol. The number of nitrogens with zero attached hydrogens (tertiary/aromatic N) is 2. The van der Waals surface area contributed by atoms with Crippen LogP contribution in [0.4, 0.5) is 0 Å². The molecule has 3 nitrogen and oxygen atoms in total. The molecule has 5 heteroatoms. The van der Waals surface area contributed by atoms with E-state index in [-0.39, 0.29) is 6.04 Å². The molecule has 2 rings (SSSR count). The fraction of sp³-hybridized carbons (Fsp3) is 0.417. The van der Waals surface area contributed by atoms with E-state index >= 15 is 0 Å². The molecule has 0 amide bonds. The molecule has 0 aromatic heterocycles. The van der Waals surface area contributed by atoms with E-state index in [1.54, 1.807) is 6.07 Å². The van der Waals surface area contributed by atoms with Crippen LogP contribution in [0.1, 0.15) is 24.9 Å². The average molecular weight is 272 g/mol. The molecule has 0 spiro atoms. The molecule has 1 atom stereocenters. The second-order valence-electron chi connectivity index (χ2n) is 4.07. The van der Waals surface area contributed by atoms with Crippen LogP contribution in [0.15, 0.2) is 23.2 Å². The number of guanidine groups is 1. The minimum absolute atomic E-state index is 0.112. The molecule has 0 aliphatic carbocycles. The van der Waals surface area contributed by atoms with Crippen LogP contribution in [0.25, 0.3) is 0 Å². The highest BCUT2D eigenvalue weighted by molar-refractivity contribution is 6.33. The topological polar surface area (TPSA) is 41.6 Å². The maximum absolute atomic E-state index is 6.21. The lowest BCUT2D eigenvalue weighted by Gasteiger charge is -2.26. The van der Waals surface area contributed by atoms with Crippen molar-refractivity contribution in [2.75, 3.05) is 13.1 Å². The highest BCUT2D eigenvalue weighted by Gasteiger charge is 2.28. The number of hydrogen-bond donors (Lipinski definition) is 1. The number of nitrogens with two attached hydrogens (primary N) is 1. The fourth-order valence-corrected chi connectivity index (χ4v) is 2.50. The molecule has 17 heavy (non-hydrogen) atoms. The summed E-state index contributed by atoms with van der Waals surface area (Å²) in [4.78, 5) is 6.36. The van der Waals surface area contributed by atoms with Crippen molar-refractivity contribution >= 4 is 29.2 Å². The maximum atomic E-state index is 6.21. The summed E-state index contributed by atoms with van der Waals surface area (Å²) >= 11 is 12.2. The van der Waals surface area contributed by atoms with Crippen molar-refractivity contribution in [3.05, 3.63) is 33.8 Å². The second kappa shape index (κ2) is 5.15. The third-order valence-corrected chi connectivity index (χ3v) is 3.46. The first-order valence-electron chi connectivity index (χ1n) is 5.65. The van der Waals surface area contributed by atoms with Crippen molar-refractivity contribution in [1.82, 2.24) is 4.90 Å². The molecule has 1 aliphatic rings. The van der Waals surface area contributed by atoms with Gasteiger partial charge < -0.3 is 10.6 Å². The molecular formula is C12H15Cl2N3. The summed E-state index contributed by atoms with van der Waals surface area (Å²) in [6.45, 7) is 3.64. The normalized spacial score (nSPS) is 19.6. The van der Waals surface area contributed by atoms with E-state index < -0.39 is 0 Å². The van der Waals surface area contributed by atoms with Gasteiger partial charge in [-0.2, -0.15) is 0 Å². The largest absolute Gasteiger partial charge is 0.370 e. The lowest BCUT2D eigenvalue weighted by atomic mass is 10.1. The average Bonchev–Trinajstić information content (AvgIpc) is 2.65. The summed E-state index contributed by atoms with van der Waals surface area (Å²) in [7, 11) is 0. The van der Waals surface area contributed by atoms with Gasteiger partial charge in [0.15, 0.2) is 5.96 Å². The Morgan fingerprint density at radius 2 is 2.24 bits per heavy atom. The molecule has 1 unspecified atom stereocenters. The van der Waals surface area contributed by atoms with Crippen LogP contribution in [0, 0.1) is 0 Å². The zero-order valence-corrected chi connectivity index (χ0v) is 11.2. The minimum atomic E-state index is 0.112. The molecule has 2 N–H and O–H groups in total. The van der Waals surface area contributed by atoms with Crippen LogP contribution in [-0.2, 0) is 0 Å². The SMILES string of the molecule is CCCN1C(N)=NCC1c1cc(Cl)ccc1Cl. The van der Waals surface area contributed by atoms with E-state index in [2.05, 4.69) is 16.8 Å².